The minimum Gasteiger partial charge on any atom is -0.491 e. The molecule has 6 heteroatoms. The number of fused-ring (bicyclic) bond motifs is 3. The molecule has 6 heterocycles. The van der Waals surface area contributed by atoms with E-state index in [2.05, 4.69) is 38.7 Å². The van der Waals surface area contributed by atoms with Crippen molar-refractivity contribution in [1.82, 2.24) is 15.2 Å². The van der Waals surface area contributed by atoms with Crippen LogP contribution in [-0.2, 0) is 19.3 Å². The Kier molecular flexibility index (Phi) is 5.04. The van der Waals surface area contributed by atoms with Crippen LogP contribution >= 0.6 is 0 Å². The van der Waals surface area contributed by atoms with Crippen molar-refractivity contribution in [2.24, 2.45) is 11.8 Å². The predicted octanol–water partition coefficient (Wildman–Crippen LogP) is 3.59. The number of ether oxygens (including phenoxy) is 1. The summed E-state index contributed by atoms with van der Waals surface area (Å²) in [6.07, 6.45) is 11.4. The van der Waals surface area contributed by atoms with Crippen LogP contribution in [-0.4, -0.2) is 53.6 Å². The number of piperidine rings is 1. The van der Waals surface area contributed by atoms with Crippen LogP contribution in [0.25, 0.3) is 0 Å². The van der Waals surface area contributed by atoms with Crippen molar-refractivity contribution in [2.75, 3.05) is 25.0 Å². The first-order valence-electron chi connectivity index (χ1n) is 13.2. The van der Waals surface area contributed by atoms with Crippen molar-refractivity contribution >= 4 is 11.7 Å². The third-order valence-electron chi connectivity index (χ3n) is 9.05. The lowest BCUT2D eigenvalue weighted by atomic mass is 9.77. The van der Waals surface area contributed by atoms with Crippen LogP contribution in [0.3, 0.4) is 0 Å². The summed E-state index contributed by atoms with van der Waals surface area (Å²) in [4.78, 5) is 20.1. The predicted molar refractivity (Wildman–Crippen MR) is 131 cm³/mol. The molecule has 0 radical (unpaired) electrons. The first-order valence-corrected chi connectivity index (χ1v) is 13.2. The summed E-state index contributed by atoms with van der Waals surface area (Å²) in [5, 5.41) is 6.47. The molecule has 1 amide bonds. The van der Waals surface area contributed by atoms with Crippen LogP contribution in [0.15, 0.2) is 30.5 Å². The Labute approximate surface area is 201 Å². The van der Waals surface area contributed by atoms with Gasteiger partial charge in [-0.1, -0.05) is 12.1 Å². The van der Waals surface area contributed by atoms with Gasteiger partial charge in [0.1, 0.15) is 18.2 Å². The average Bonchev–Trinajstić information content (AvgIpc) is 3.42. The van der Waals surface area contributed by atoms with Gasteiger partial charge in [-0.2, -0.15) is 0 Å². The summed E-state index contributed by atoms with van der Waals surface area (Å²) in [5.41, 5.74) is 4.38. The number of nitrogens with one attached hydrogen (secondary N) is 2. The maximum atomic E-state index is 12.9. The molecule has 5 aliphatic heterocycles. The average molecular weight is 459 g/mol. The second kappa shape index (κ2) is 8.26. The summed E-state index contributed by atoms with van der Waals surface area (Å²) in [7, 11) is 0. The third kappa shape index (κ3) is 3.67. The van der Waals surface area contributed by atoms with Crippen molar-refractivity contribution < 1.29 is 9.53 Å². The number of aromatic nitrogens is 1. The van der Waals surface area contributed by atoms with Crippen LogP contribution in [0.1, 0.15) is 59.2 Å². The molecule has 6 nitrogen and oxygen atoms in total. The number of pyridine rings is 1. The third-order valence-corrected chi connectivity index (χ3v) is 9.05. The lowest BCUT2D eigenvalue weighted by Crippen LogP contribution is -2.42. The van der Waals surface area contributed by atoms with Gasteiger partial charge in [0.2, 0.25) is 0 Å². The van der Waals surface area contributed by atoms with Gasteiger partial charge in [0.15, 0.2) is 0 Å². The van der Waals surface area contributed by atoms with Gasteiger partial charge in [-0.05, 0) is 92.0 Å². The number of amides is 1. The van der Waals surface area contributed by atoms with Gasteiger partial charge < -0.3 is 15.4 Å². The number of nitrogens with zero attached hydrogens (tertiary/aromatic N) is 2. The lowest BCUT2D eigenvalue weighted by Gasteiger charge is -2.35. The number of anilines is 1. The Bertz CT molecular complexity index is 1120. The first-order chi connectivity index (χ1) is 16.7. The standard InChI is InChI=1S/C28H34N4O2/c33-28(21-10-19-2-1-7-29-27(19)30-14-21)31-23-11-18-4-3-17(9-26(18)34-16-23)8-20-12-24-5-6-25-13-22(20)15-32(24)25/h3-4,9-10,14,20,22-25H,1-2,5-8,11-13,15-16H2,(H,29,30)(H,31,33)/t20?,22?,23-,24?,25?/m1/s1. The highest BCUT2D eigenvalue weighted by Crippen LogP contribution is 2.47. The monoisotopic (exact) mass is 458 g/mol. The fourth-order valence-electron chi connectivity index (χ4n) is 7.33. The summed E-state index contributed by atoms with van der Waals surface area (Å²) in [6.45, 7) is 2.80. The van der Waals surface area contributed by atoms with Gasteiger partial charge >= 0.3 is 0 Å². The van der Waals surface area contributed by atoms with E-state index in [4.69, 9.17) is 4.74 Å². The molecule has 5 aliphatic rings. The number of hydrogen-bond acceptors (Lipinski definition) is 5. The number of carbonyl (C=O) groups excluding carboxylic acids is 1. The van der Waals surface area contributed by atoms with Crippen molar-refractivity contribution in [3.63, 3.8) is 0 Å². The normalized spacial score (nSPS) is 31.2. The first kappa shape index (κ1) is 20.7. The van der Waals surface area contributed by atoms with E-state index in [1.165, 1.54) is 49.8 Å². The minimum absolute atomic E-state index is 0.0154. The quantitative estimate of drug-likeness (QED) is 0.733. The SMILES string of the molecule is O=C(N[C@H]1COc2cc(CC3CC4CCC5CC3CN45)ccc2C1)c1cnc2c(c1)CCCN2. The van der Waals surface area contributed by atoms with Crippen LogP contribution in [0.5, 0.6) is 5.75 Å². The fourth-order valence-corrected chi connectivity index (χ4v) is 7.33. The largest absolute Gasteiger partial charge is 0.491 e. The molecule has 2 aromatic rings. The zero-order valence-corrected chi connectivity index (χ0v) is 19.8. The van der Waals surface area contributed by atoms with E-state index in [1.807, 2.05) is 6.07 Å². The van der Waals surface area contributed by atoms with Gasteiger partial charge in [-0.15, -0.1) is 0 Å². The molecule has 0 saturated carbocycles. The fraction of sp³-hybridized carbons (Fsp3) is 0.571. The Morgan fingerprint density at radius 2 is 2.09 bits per heavy atom. The molecule has 1 aromatic heterocycles. The maximum Gasteiger partial charge on any atom is 0.253 e. The van der Waals surface area contributed by atoms with E-state index in [-0.39, 0.29) is 11.9 Å². The molecule has 3 saturated heterocycles. The Morgan fingerprint density at radius 3 is 3.03 bits per heavy atom. The molecule has 2 N–H and O–H groups in total. The topological polar surface area (TPSA) is 66.5 Å². The molecule has 5 atom stereocenters. The molecular weight excluding hydrogens is 424 g/mol. The summed E-state index contributed by atoms with van der Waals surface area (Å²) in [6, 6.07) is 10.5. The van der Waals surface area contributed by atoms with Gasteiger partial charge in [0.25, 0.3) is 5.91 Å². The van der Waals surface area contributed by atoms with E-state index in [0.717, 1.165) is 66.9 Å². The number of carbonyl (C=O) groups is 1. The van der Waals surface area contributed by atoms with Crippen LogP contribution in [0, 0.1) is 11.8 Å². The van der Waals surface area contributed by atoms with E-state index < -0.39 is 0 Å². The Morgan fingerprint density at radius 1 is 1.18 bits per heavy atom. The summed E-state index contributed by atoms with van der Waals surface area (Å²) < 4.78 is 6.16. The van der Waals surface area contributed by atoms with Crippen LogP contribution in [0.2, 0.25) is 0 Å². The minimum atomic E-state index is -0.0632. The maximum absolute atomic E-state index is 12.9. The molecule has 7 rings (SSSR count). The van der Waals surface area contributed by atoms with Crippen molar-refractivity contribution in [3.8, 4) is 5.75 Å². The van der Waals surface area contributed by atoms with Crippen molar-refractivity contribution in [2.45, 2.75) is 69.5 Å². The number of hydrogen-bond donors (Lipinski definition) is 2. The van der Waals surface area contributed by atoms with Gasteiger partial charge in [0, 0.05) is 31.4 Å². The van der Waals surface area contributed by atoms with Crippen LogP contribution in [0.4, 0.5) is 5.82 Å². The molecule has 0 aliphatic carbocycles. The molecular formula is C28H34N4O2. The molecule has 2 bridgehead atoms. The van der Waals surface area contributed by atoms with Crippen molar-refractivity contribution in [1.29, 1.82) is 0 Å². The number of rotatable bonds is 4. The second-order valence-corrected chi connectivity index (χ2v) is 11.2. The molecule has 34 heavy (non-hydrogen) atoms. The lowest BCUT2D eigenvalue weighted by molar-refractivity contribution is 0.0915. The Balaban J connectivity index is 0.993. The highest BCUT2D eigenvalue weighted by atomic mass is 16.5. The Hall–Kier alpha value is -2.60. The van der Waals surface area contributed by atoms with Crippen LogP contribution < -0.4 is 15.4 Å². The molecule has 4 unspecified atom stereocenters. The molecule has 1 aromatic carbocycles. The highest BCUT2D eigenvalue weighted by Gasteiger charge is 2.48. The van der Waals surface area contributed by atoms with Gasteiger partial charge in [-0.3, -0.25) is 9.69 Å². The highest BCUT2D eigenvalue weighted by molar-refractivity contribution is 5.94. The molecule has 0 spiro atoms. The second-order valence-electron chi connectivity index (χ2n) is 11.2. The summed E-state index contributed by atoms with van der Waals surface area (Å²) >= 11 is 0. The zero-order chi connectivity index (χ0) is 22.6. The molecule has 3 fully saturated rings. The van der Waals surface area contributed by atoms with Crippen molar-refractivity contribution in [3.05, 3.63) is 52.7 Å². The molecule has 178 valence electrons. The van der Waals surface area contributed by atoms with Gasteiger partial charge in [-0.25, -0.2) is 4.98 Å². The summed E-state index contributed by atoms with van der Waals surface area (Å²) in [5.74, 6) is 3.56. The van der Waals surface area contributed by atoms with E-state index in [0.29, 0.717) is 12.2 Å². The number of aryl methyl sites for hydroxylation is 1. The zero-order valence-electron chi connectivity index (χ0n) is 19.8. The van der Waals surface area contributed by atoms with E-state index in [9.17, 15) is 4.79 Å². The van der Waals surface area contributed by atoms with Gasteiger partial charge in [0.05, 0.1) is 11.6 Å². The number of benzene rings is 1. The van der Waals surface area contributed by atoms with E-state index in [1.54, 1.807) is 6.20 Å². The van der Waals surface area contributed by atoms with E-state index >= 15 is 0 Å². The smallest absolute Gasteiger partial charge is 0.253 e.